The van der Waals surface area contributed by atoms with Crippen LogP contribution in [0.15, 0.2) is 59.5 Å². The molecular formula is C25H22FN3O4S. The number of nitrogens with one attached hydrogen (secondary N) is 1. The van der Waals surface area contributed by atoms with E-state index < -0.39 is 17.1 Å². The highest BCUT2D eigenvalue weighted by Crippen LogP contribution is 2.33. The summed E-state index contributed by atoms with van der Waals surface area (Å²) in [6.45, 7) is 3.40. The summed E-state index contributed by atoms with van der Waals surface area (Å²) in [5.74, 6) is -0.682. The maximum atomic E-state index is 13.3. The number of carbonyl (C=O) groups is 3. The Hall–Kier alpha value is -3.85. The molecule has 4 rings (SSSR count). The van der Waals surface area contributed by atoms with Gasteiger partial charge in [-0.05, 0) is 91.8 Å². The number of benzene rings is 2. The Morgan fingerprint density at radius 2 is 1.76 bits per heavy atom. The van der Waals surface area contributed by atoms with Crippen LogP contribution < -0.4 is 10.1 Å². The van der Waals surface area contributed by atoms with E-state index >= 15 is 0 Å². The van der Waals surface area contributed by atoms with Crippen LogP contribution in [-0.4, -0.2) is 40.2 Å². The van der Waals surface area contributed by atoms with E-state index in [-0.39, 0.29) is 17.3 Å². The summed E-state index contributed by atoms with van der Waals surface area (Å²) in [5, 5.41) is 2.16. The van der Waals surface area contributed by atoms with E-state index in [1.165, 1.54) is 12.1 Å². The van der Waals surface area contributed by atoms with Crippen LogP contribution in [0.25, 0.3) is 11.8 Å². The van der Waals surface area contributed by atoms with Gasteiger partial charge < -0.3 is 14.6 Å². The first kappa shape index (κ1) is 23.3. The zero-order valence-corrected chi connectivity index (χ0v) is 19.6. The number of ether oxygens (including phenoxy) is 1. The van der Waals surface area contributed by atoms with E-state index in [2.05, 4.69) is 5.32 Å². The third-order valence-electron chi connectivity index (χ3n) is 5.39. The molecule has 2 heterocycles. The molecule has 1 saturated heterocycles. The second kappa shape index (κ2) is 9.56. The lowest BCUT2D eigenvalue weighted by molar-refractivity contribution is -0.127. The number of halogens is 1. The summed E-state index contributed by atoms with van der Waals surface area (Å²) in [6.07, 6.45) is 1.65. The minimum absolute atomic E-state index is 0.238. The van der Waals surface area contributed by atoms with Gasteiger partial charge in [0.05, 0.1) is 12.0 Å². The number of aromatic nitrogens is 1. The third kappa shape index (κ3) is 4.74. The SMILES string of the molecule is COc1ccc(NC(=O)CN2C(=O)S/C(=C/c3cc(C)n(-c4ccc(F)cc4)c3C)C2=O)cc1. The Balaban J connectivity index is 1.50. The quantitative estimate of drug-likeness (QED) is 0.508. The Labute approximate surface area is 200 Å². The smallest absolute Gasteiger partial charge is 0.294 e. The van der Waals surface area contributed by atoms with Gasteiger partial charge in [0, 0.05) is 22.8 Å². The number of anilines is 1. The van der Waals surface area contributed by atoms with Gasteiger partial charge in [-0.15, -0.1) is 0 Å². The largest absolute Gasteiger partial charge is 0.497 e. The summed E-state index contributed by atoms with van der Waals surface area (Å²) in [6, 6.07) is 14.7. The van der Waals surface area contributed by atoms with Crippen LogP contribution >= 0.6 is 11.8 Å². The van der Waals surface area contributed by atoms with Crippen molar-refractivity contribution in [2.45, 2.75) is 13.8 Å². The summed E-state index contributed by atoms with van der Waals surface area (Å²) < 4.78 is 20.3. The minimum atomic E-state index is -0.522. The van der Waals surface area contributed by atoms with Gasteiger partial charge in [-0.25, -0.2) is 4.39 Å². The van der Waals surface area contributed by atoms with Crippen LogP contribution in [0.4, 0.5) is 14.9 Å². The molecule has 9 heteroatoms. The highest BCUT2D eigenvalue weighted by molar-refractivity contribution is 8.18. The van der Waals surface area contributed by atoms with E-state index in [1.54, 1.807) is 49.6 Å². The number of hydrogen-bond acceptors (Lipinski definition) is 5. The average Bonchev–Trinajstić information content (AvgIpc) is 3.24. The van der Waals surface area contributed by atoms with Crippen molar-refractivity contribution in [1.29, 1.82) is 0 Å². The predicted octanol–water partition coefficient (Wildman–Crippen LogP) is 4.92. The summed E-state index contributed by atoms with van der Waals surface area (Å²) in [7, 11) is 1.54. The van der Waals surface area contributed by atoms with Crippen LogP contribution in [0.5, 0.6) is 5.75 Å². The van der Waals surface area contributed by atoms with Crippen molar-refractivity contribution in [1.82, 2.24) is 9.47 Å². The molecule has 0 aliphatic carbocycles. The van der Waals surface area contributed by atoms with Crippen LogP contribution in [0.2, 0.25) is 0 Å². The van der Waals surface area contributed by atoms with Gasteiger partial charge in [0.1, 0.15) is 18.1 Å². The molecule has 7 nitrogen and oxygen atoms in total. The third-order valence-corrected chi connectivity index (χ3v) is 6.30. The Morgan fingerprint density at radius 3 is 2.41 bits per heavy atom. The van der Waals surface area contributed by atoms with Crippen molar-refractivity contribution in [2.24, 2.45) is 0 Å². The fourth-order valence-electron chi connectivity index (χ4n) is 3.72. The number of thioether (sulfide) groups is 1. The zero-order chi connectivity index (χ0) is 24.4. The number of rotatable bonds is 6. The van der Waals surface area contributed by atoms with Crippen LogP contribution in [-0.2, 0) is 9.59 Å². The standard InChI is InChI=1S/C25H22FN3O4S/c1-15-12-17(16(2)29(15)20-8-4-18(26)5-9-20)13-22-24(31)28(25(32)34-22)14-23(30)27-19-6-10-21(33-3)11-7-19/h4-13H,14H2,1-3H3,(H,27,30)/b22-13+. The lowest BCUT2D eigenvalue weighted by Crippen LogP contribution is -2.36. The van der Waals surface area contributed by atoms with Gasteiger partial charge in [-0.2, -0.15) is 0 Å². The molecule has 1 aliphatic heterocycles. The minimum Gasteiger partial charge on any atom is -0.497 e. The van der Waals surface area contributed by atoms with Crippen molar-refractivity contribution >= 4 is 40.6 Å². The lowest BCUT2D eigenvalue weighted by atomic mass is 10.2. The van der Waals surface area contributed by atoms with Crippen molar-refractivity contribution in [3.63, 3.8) is 0 Å². The van der Waals surface area contributed by atoms with Gasteiger partial charge in [0.2, 0.25) is 5.91 Å². The van der Waals surface area contributed by atoms with E-state index in [4.69, 9.17) is 4.74 Å². The molecule has 3 aromatic rings. The topological polar surface area (TPSA) is 80.6 Å². The van der Waals surface area contributed by atoms with Crippen LogP contribution in [0.3, 0.4) is 0 Å². The number of amides is 3. The van der Waals surface area contributed by atoms with E-state index in [0.717, 1.165) is 39.3 Å². The first-order chi connectivity index (χ1) is 16.3. The molecule has 0 unspecified atom stereocenters. The lowest BCUT2D eigenvalue weighted by Gasteiger charge is -2.12. The molecule has 1 aliphatic rings. The number of imide groups is 1. The van der Waals surface area contributed by atoms with Gasteiger partial charge in [-0.3, -0.25) is 19.3 Å². The van der Waals surface area contributed by atoms with E-state index in [1.807, 2.05) is 24.5 Å². The molecule has 3 amide bonds. The van der Waals surface area contributed by atoms with Gasteiger partial charge >= 0.3 is 0 Å². The molecule has 0 radical (unpaired) electrons. The predicted molar refractivity (Wildman–Crippen MR) is 130 cm³/mol. The number of hydrogen-bond donors (Lipinski definition) is 1. The molecule has 1 aromatic heterocycles. The van der Waals surface area contributed by atoms with E-state index in [0.29, 0.717) is 11.4 Å². The van der Waals surface area contributed by atoms with Crippen LogP contribution in [0, 0.1) is 19.7 Å². The first-order valence-corrected chi connectivity index (χ1v) is 11.2. The van der Waals surface area contributed by atoms with Crippen molar-refractivity contribution < 1.29 is 23.5 Å². The van der Waals surface area contributed by atoms with Crippen molar-refractivity contribution in [3.05, 3.63) is 82.3 Å². The molecule has 2 aromatic carbocycles. The summed E-state index contributed by atoms with van der Waals surface area (Å²) >= 11 is 0.795. The second-order valence-electron chi connectivity index (χ2n) is 7.68. The van der Waals surface area contributed by atoms with Crippen LogP contribution in [0.1, 0.15) is 17.0 Å². The maximum Gasteiger partial charge on any atom is 0.294 e. The fraction of sp³-hybridized carbons (Fsp3) is 0.160. The second-order valence-corrected chi connectivity index (χ2v) is 8.68. The number of nitrogens with zero attached hydrogens (tertiary/aromatic N) is 2. The van der Waals surface area contributed by atoms with Gasteiger partial charge in [-0.1, -0.05) is 0 Å². The van der Waals surface area contributed by atoms with Crippen molar-refractivity contribution in [3.8, 4) is 11.4 Å². The molecule has 0 spiro atoms. The highest BCUT2D eigenvalue weighted by atomic mass is 32.2. The monoisotopic (exact) mass is 479 g/mol. The summed E-state index contributed by atoms with van der Waals surface area (Å²) in [4.78, 5) is 38.9. The normalized spacial score (nSPS) is 14.7. The average molecular weight is 480 g/mol. The molecule has 1 N–H and O–H groups in total. The Kier molecular flexibility index (Phi) is 6.56. The molecular weight excluding hydrogens is 457 g/mol. The molecule has 0 atom stereocenters. The van der Waals surface area contributed by atoms with Gasteiger partial charge in [0.25, 0.3) is 11.1 Å². The molecule has 174 valence electrons. The Morgan fingerprint density at radius 1 is 1.09 bits per heavy atom. The zero-order valence-electron chi connectivity index (χ0n) is 18.8. The van der Waals surface area contributed by atoms with E-state index in [9.17, 15) is 18.8 Å². The number of methoxy groups -OCH3 is 1. The molecule has 34 heavy (non-hydrogen) atoms. The first-order valence-electron chi connectivity index (χ1n) is 10.4. The highest BCUT2D eigenvalue weighted by Gasteiger charge is 2.36. The fourth-order valence-corrected chi connectivity index (χ4v) is 4.55. The Bertz CT molecular complexity index is 1300. The molecule has 1 fully saturated rings. The number of carbonyl (C=O) groups excluding carboxylic acids is 3. The summed E-state index contributed by atoms with van der Waals surface area (Å²) in [5.41, 5.74) is 3.82. The number of aryl methyl sites for hydroxylation is 1. The van der Waals surface area contributed by atoms with Crippen molar-refractivity contribution in [2.75, 3.05) is 19.0 Å². The maximum absolute atomic E-state index is 13.3. The molecule has 0 bridgehead atoms. The molecule has 0 saturated carbocycles. The van der Waals surface area contributed by atoms with Gasteiger partial charge in [0.15, 0.2) is 0 Å².